The van der Waals surface area contributed by atoms with Crippen LogP contribution in [0.5, 0.6) is 0 Å². The third kappa shape index (κ3) is 3.22. The highest BCUT2D eigenvalue weighted by atomic mass is 16.2. The lowest BCUT2D eigenvalue weighted by Crippen LogP contribution is -2.23. The van der Waals surface area contributed by atoms with Gasteiger partial charge in [-0.2, -0.15) is 5.10 Å². The summed E-state index contributed by atoms with van der Waals surface area (Å²) in [5, 5.41) is 7.14. The summed E-state index contributed by atoms with van der Waals surface area (Å²) in [4.78, 5) is 30.4. The van der Waals surface area contributed by atoms with Crippen LogP contribution in [0.25, 0.3) is 11.5 Å². The van der Waals surface area contributed by atoms with Crippen molar-refractivity contribution in [1.29, 1.82) is 0 Å². The largest absolute Gasteiger partial charge is 0.316 e. The van der Waals surface area contributed by atoms with Gasteiger partial charge in [0.25, 0.3) is 11.5 Å². The summed E-state index contributed by atoms with van der Waals surface area (Å²) in [5.41, 5.74) is 2.49. The molecule has 8 nitrogen and oxygen atoms in total. The first-order chi connectivity index (χ1) is 14.5. The Morgan fingerprint density at radius 1 is 1.10 bits per heavy atom. The molecule has 0 unspecified atom stereocenters. The lowest BCUT2D eigenvalue weighted by atomic mass is 10.2. The fourth-order valence-electron chi connectivity index (χ4n) is 3.47. The van der Waals surface area contributed by atoms with Crippen molar-refractivity contribution in [3.05, 3.63) is 88.2 Å². The van der Waals surface area contributed by atoms with Crippen molar-refractivity contribution in [1.82, 2.24) is 24.1 Å². The van der Waals surface area contributed by atoms with Gasteiger partial charge in [-0.25, -0.2) is 14.3 Å². The second kappa shape index (κ2) is 7.82. The maximum atomic E-state index is 13.1. The number of hydrogen-bond acceptors (Lipinski definition) is 4. The van der Waals surface area contributed by atoms with Gasteiger partial charge in [-0.15, -0.1) is 0 Å². The molecule has 4 aromatic rings. The molecule has 1 aromatic carbocycles. The molecule has 0 aliphatic carbocycles. The van der Waals surface area contributed by atoms with E-state index in [0.29, 0.717) is 23.5 Å². The molecule has 3 heterocycles. The number of amides is 1. The van der Waals surface area contributed by atoms with Crippen molar-refractivity contribution in [3.63, 3.8) is 0 Å². The Balaban J connectivity index is 1.71. The molecule has 0 atom stereocenters. The first-order valence-corrected chi connectivity index (χ1v) is 9.66. The Kier molecular flexibility index (Phi) is 5.05. The number of para-hydroxylation sites is 1. The molecule has 0 saturated carbocycles. The number of benzene rings is 1. The van der Waals surface area contributed by atoms with E-state index in [9.17, 15) is 9.59 Å². The van der Waals surface area contributed by atoms with Gasteiger partial charge in [-0.1, -0.05) is 31.2 Å². The van der Waals surface area contributed by atoms with Crippen LogP contribution in [0.2, 0.25) is 0 Å². The van der Waals surface area contributed by atoms with Crippen LogP contribution < -0.4 is 10.9 Å². The number of hydrogen-bond donors (Lipinski definition) is 1. The molecule has 0 fully saturated rings. The number of pyridine rings is 1. The Hall–Kier alpha value is -3.94. The highest BCUT2D eigenvalue weighted by Crippen LogP contribution is 2.18. The molecule has 0 aliphatic heterocycles. The summed E-state index contributed by atoms with van der Waals surface area (Å²) in [5.74, 6) is 0.260. The summed E-state index contributed by atoms with van der Waals surface area (Å²) in [6, 6.07) is 14.8. The van der Waals surface area contributed by atoms with E-state index in [-0.39, 0.29) is 17.2 Å². The quantitative estimate of drug-likeness (QED) is 0.556. The monoisotopic (exact) mass is 402 g/mol. The zero-order valence-corrected chi connectivity index (χ0v) is 17.0. The first-order valence-electron chi connectivity index (χ1n) is 9.66. The van der Waals surface area contributed by atoms with E-state index in [1.54, 1.807) is 29.5 Å². The Morgan fingerprint density at radius 2 is 1.83 bits per heavy atom. The third-order valence-electron chi connectivity index (χ3n) is 5.11. The zero-order valence-electron chi connectivity index (χ0n) is 17.0. The van der Waals surface area contributed by atoms with E-state index in [4.69, 9.17) is 0 Å². The summed E-state index contributed by atoms with van der Waals surface area (Å²) in [6.45, 7) is 3.75. The third-order valence-corrected chi connectivity index (χ3v) is 5.11. The lowest BCUT2D eigenvalue weighted by Gasteiger charge is -2.07. The standard InChI is InChI=1S/C22H22N6O2/c1-4-18-17(14-24-27(18)19-12-8-9-13-23-19)21(29)25-20-15(2)26(3)28(22(20)30)16-10-6-5-7-11-16/h5-14H,4H2,1-3H3,(H,25,29). The number of anilines is 1. The molecule has 152 valence electrons. The van der Waals surface area contributed by atoms with E-state index in [1.165, 1.54) is 10.9 Å². The van der Waals surface area contributed by atoms with E-state index >= 15 is 0 Å². The predicted molar refractivity (Wildman–Crippen MR) is 114 cm³/mol. The molecular weight excluding hydrogens is 380 g/mol. The van der Waals surface area contributed by atoms with Crippen molar-refractivity contribution in [2.75, 3.05) is 5.32 Å². The van der Waals surface area contributed by atoms with E-state index < -0.39 is 0 Å². The van der Waals surface area contributed by atoms with E-state index in [1.807, 2.05) is 55.5 Å². The molecule has 0 saturated heterocycles. The summed E-state index contributed by atoms with van der Waals surface area (Å²) in [7, 11) is 1.79. The van der Waals surface area contributed by atoms with Crippen molar-refractivity contribution >= 4 is 11.6 Å². The van der Waals surface area contributed by atoms with E-state index in [0.717, 1.165) is 11.4 Å². The maximum Gasteiger partial charge on any atom is 0.295 e. The van der Waals surface area contributed by atoms with Gasteiger partial charge >= 0.3 is 0 Å². The smallest absolute Gasteiger partial charge is 0.295 e. The minimum atomic E-state index is -0.375. The lowest BCUT2D eigenvalue weighted by molar-refractivity contribution is 0.102. The molecular formula is C22H22N6O2. The number of carbonyl (C=O) groups excluding carboxylic acids is 1. The Morgan fingerprint density at radius 3 is 2.50 bits per heavy atom. The molecule has 0 spiro atoms. The van der Waals surface area contributed by atoms with Gasteiger partial charge in [-0.3, -0.25) is 14.3 Å². The van der Waals surface area contributed by atoms with Crippen LogP contribution in [0.1, 0.15) is 28.7 Å². The maximum absolute atomic E-state index is 13.1. The number of nitrogens with zero attached hydrogens (tertiary/aromatic N) is 5. The van der Waals surface area contributed by atoms with Crippen LogP contribution in [0.15, 0.2) is 65.7 Å². The SMILES string of the molecule is CCc1c(C(=O)Nc2c(C)n(C)n(-c3ccccc3)c2=O)cnn1-c1ccccn1. The van der Waals surface area contributed by atoms with Gasteiger partial charge in [0, 0.05) is 13.2 Å². The minimum absolute atomic E-state index is 0.249. The molecule has 8 heteroatoms. The van der Waals surface area contributed by atoms with Crippen molar-refractivity contribution in [3.8, 4) is 11.5 Å². The van der Waals surface area contributed by atoms with Crippen molar-refractivity contribution < 1.29 is 4.79 Å². The van der Waals surface area contributed by atoms with E-state index in [2.05, 4.69) is 15.4 Å². The van der Waals surface area contributed by atoms with Crippen molar-refractivity contribution in [2.24, 2.45) is 7.05 Å². The fourth-order valence-corrected chi connectivity index (χ4v) is 3.47. The topological polar surface area (TPSA) is 86.7 Å². The first kappa shape index (κ1) is 19.4. The molecule has 1 N–H and O–H groups in total. The molecule has 4 rings (SSSR count). The van der Waals surface area contributed by atoms with Crippen molar-refractivity contribution in [2.45, 2.75) is 20.3 Å². The molecule has 1 amide bonds. The summed E-state index contributed by atoms with van der Waals surface area (Å²) < 4.78 is 4.91. The van der Waals surface area contributed by atoms with Crippen LogP contribution in [0.4, 0.5) is 5.69 Å². The minimum Gasteiger partial charge on any atom is -0.316 e. The van der Waals surface area contributed by atoms with Gasteiger partial charge in [0.1, 0.15) is 5.69 Å². The van der Waals surface area contributed by atoms with Gasteiger partial charge in [-0.05, 0) is 37.6 Å². The number of nitrogens with one attached hydrogen (secondary N) is 1. The predicted octanol–water partition coefficient (Wildman–Crippen LogP) is 2.88. The highest BCUT2D eigenvalue weighted by Gasteiger charge is 2.22. The van der Waals surface area contributed by atoms with Crippen LogP contribution in [0, 0.1) is 6.92 Å². The van der Waals surface area contributed by atoms with Gasteiger partial charge in [0.15, 0.2) is 5.82 Å². The number of carbonyl (C=O) groups is 1. The number of aromatic nitrogens is 5. The van der Waals surface area contributed by atoms with Gasteiger partial charge in [0.05, 0.1) is 28.8 Å². The summed E-state index contributed by atoms with van der Waals surface area (Å²) >= 11 is 0. The normalized spacial score (nSPS) is 10.9. The molecule has 3 aromatic heterocycles. The highest BCUT2D eigenvalue weighted by molar-refractivity contribution is 6.05. The van der Waals surface area contributed by atoms with Gasteiger partial charge < -0.3 is 5.32 Å². The van der Waals surface area contributed by atoms with Crippen LogP contribution >= 0.6 is 0 Å². The number of rotatable bonds is 5. The molecule has 30 heavy (non-hydrogen) atoms. The average molecular weight is 402 g/mol. The van der Waals surface area contributed by atoms with Gasteiger partial charge in [0.2, 0.25) is 0 Å². The molecule has 0 radical (unpaired) electrons. The second-order valence-corrected chi connectivity index (χ2v) is 6.85. The zero-order chi connectivity index (χ0) is 21.3. The Labute approximate surface area is 173 Å². The van der Waals surface area contributed by atoms with Crippen LogP contribution in [-0.4, -0.2) is 30.0 Å². The fraction of sp³-hybridized carbons (Fsp3) is 0.182. The van der Waals surface area contributed by atoms with Crippen LogP contribution in [0.3, 0.4) is 0 Å². The molecule has 0 bridgehead atoms. The molecule has 0 aliphatic rings. The summed E-state index contributed by atoms with van der Waals surface area (Å²) in [6.07, 6.45) is 3.77. The Bertz CT molecular complexity index is 1250. The second-order valence-electron chi connectivity index (χ2n) is 6.85. The average Bonchev–Trinajstić information content (AvgIpc) is 3.30. The van der Waals surface area contributed by atoms with Crippen LogP contribution in [-0.2, 0) is 13.5 Å².